The van der Waals surface area contributed by atoms with E-state index in [2.05, 4.69) is 32.7 Å². The highest BCUT2D eigenvalue weighted by atomic mass is 32.2. The summed E-state index contributed by atoms with van der Waals surface area (Å²) >= 11 is 1.27. The Morgan fingerprint density at radius 3 is 2.92 bits per heavy atom. The number of aryl methyl sites for hydroxylation is 1. The Kier molecular flexibility index (Phi) is 5.68. The molecule has 0 N–H and O–H groups in total. The Bertz CT molecular complexity index is 977. The Balaban J connectivity index is 1.85. The van der Waals surface area contributed by atoms with Crippen molar-refractivity contribution in [2.45, 2.75) is 31.5 Å². The van der Waals surface area contributed by atoms with Crippen LogP contribution in [-0.4, -0.2) is 49.9 Å². The van der Waals surface area contributed by atoms with E-state index in [1.807, 2.05) is 24.3 Å². The van der Waals surface area contributed by atoms with Crippen LogP contribution in [0.5, 0.6) is 0 Å². The van der Waals surface area contributed by atoms with Crippen molar-refractivity contribution in [1.29, 1.82) is 5.26 Å². The number of nitriles is 1. The number of hydrogen-bond acceptors (Lipinski definition) is 6. The first-order valence-electron chi connectivity index (χ1n) is 8.51. The van der Waals surface area contributed by atoms with Gasteiger partial charge < -0.3 is 9.47 Å². The fourth-order valence-corrected chi connectivity index (χ4v) is 3.50. The fourth-order valence-electron chi connectivity index (χ4n) is 2.78. The fraction of sp³-hybridized carbons (Fsp3) is 0.389. The number of nitrogens with zero attached hydrogens (tertiary/aromatic N) is 6. The minimum Gasteiger partial charge on any atom is -0.344 e. The number of fused-ring (bicyclic) bond motifs is 3. The number of amides is 1. The molecule has 8 heteroatoms. The van der Waals surface area contributed by atoms with Gasteiger partial charge >= 0.3 is 0 Å². The van der Waals surface area contributed by atoms with Crippen LogP contribution in [0.25, 0.3) is 22.1 Å². The van der Waals surface area contributed by atoms with Gasteiger partial charge in [0.1, 0.15) is 5.52 Å². The zero-order chi connectivity index (χ0) is 18.5. The van der Waals surface area contributed by atoms with Gasteiger partial charge in [-0.3, -0.25) is 4.79 Å². The van der Waals surface area contributed by atoms with Crippen LogP contribution in [0.1, 0.15) is 19.8 Å². The van der Waals surface area contributed by atoms with Crippen molar-refractivity contribution in [2.75, 3.05) is 19.3 Å². The molecule has 3 rings (SSSR count). The van der Waals surface area contributed by atoms with Crippen molar-refractivity contribution in [3.8, 4) is 6.07 Å². The van der Waals surface area contributed by atoms with E-state index in [0.717, 1.165) is 35.0 Å². The smallest absolute Gasteiger partial charge is 0.232 e. The maximum Gasteiger partial charge on any atom is 0.232 e. The number of hydrogen-bond donors (Lipinski definition) is 0. The lowest BCUT2D eigenvalue weighted by molar-refractivity contribution is -0.127. The van der Waals surface area contributed by atoms with E-state index >= 15 is 0 Å². The van der Waals surface area contributed by atoms with E-state index < -0.39 is 0 Å². The molecular weight excluding hydrogens is 348 g/mol. The van der Waals surface area contributed by atoms with Gasteiger partial charge in [-0.2, -0.15) is 5.26 Å². The van der Waals surface area contributed by atoms with Gasteiger partial charge in [-0.05, 0) is 12.5 Å². The zero-order valence-corrected chi connectivity index (χ0v) is 15.7. The third-order valence-electron chi connectivity index (χ3n) is 4.11. The first-order valence-corrected chi connectivity index (χ1v) is 9.49. The normalized spacial score (nSPS) is 11.0. The van der Waals surface area contributed by atoms with E-state index in [1.54, 1.807) is 11.9 Å². The molecule has 0 saturated carbocycles. The summed E-state index contributed by atoms with van der Waals surface area (Å²) in [6, 6.07) is 10.1. The summed E-state index contributed by atoms with van der Waals surface area (Å²) < 4.78 is 2.16. The average molecular weight is 368 g/mol. The molecule has 0 radical (unpaired) electrons. The molecule has 3 aromatic rings. The van der Waals surface area contributed by atoms with Gasteiger partial charge in [0, 0.05) is 25.5 Å². The molecule has 2 aromatic heterocycles. The summed E-state index contributed by atoms with van der Waals surface area (Å²) in [7, 11) is 1.70. The number of carbonyl (C=O) groups excluding carboxylic acids is 1. The standard InChI is InChI=1S/C18H20N6OS/c1-3-10-24-14-8-5-4-7-13(14)16-17(24)20-18(22-21-16)26-12-15(25)23(2)11-6-9-19/h4-5,7-8H,3,6,10-12H2,1-2H3. The summed E-state index contributed by atoms with van der Waals surface area (Å²) in [5.41, 5.74) is 2.69. The molecule has 0 saturated heterocycles. The number of benzene rings is 1. The first kappa shape index (κ1) is 18.1. The zero-order valence-electron chi connectivity index (χ0n) is 14.8. The van der Waals surface area contributed by atoms with Crippen LogP contribution in [0.3, 0.4) is 0 Å². The summed E-state index contributed by atoms with van der Waals surface area (Å²) in [5, 5.41) is 18.7. The maximum atomic E-state index is 12.1. The summed E-state index contributed by atoms with van der Waals surface area (Å²) in [6.07, 6.45) is 1.32. The number of carbonyl (C=O) groups is 1. The highest BCUT2D eigenvalue weighted by Gasteiger charge is 2.15. The molecule has 1 aromatic carbocycles. The lowest BCUT2D eigenvalue weighted by atomic mass is 10.2. The molecule has 0 spiro atoms. The lowest BCUT2D eigenvalue weighted by Gasteiger charge is -2.14. The van der Waals surface area contributed by atoms with Crippen molar-refractivity contribution in [3.05, 3.63) is 24.3 Å². The van der Waals surface area contributed by atoms with Crippen molar-refractivity contribution in [3.63, 3.8) is 0 Å². The topological polar surface area (TPSA) is 87.7 Å². The quantitative estimate of drug-likeness (QED) is 0.596. The van der Waals surface area contributed by atoms with Gasteiger partial charge in [-0.25, -0.2) is 4.98 Å². The lowest BCUT2D eigenvalue weighted by Crippen LogP contribution is -2.29. The SMILES string of the molecule is CCCn1c2ccccc2c2nnc(SCC(=O)N(C)CCC#N)nc21. The third kappa shape index (κ3) is 3.63. The molecule has 0 aliphatic carbocycles. The van der Waals surface area contributed by atoms with E-state index in [4.69, 9.17) is 5.26 Å². The van der Waals surface area contributed by atoms with Crippen LogP contribution in [0.4, 0.5) is 0 Å². The summed E-state index contributed by atoms with van der Waals surface area (Å²) in [5.74, 6) is 0.173. The van der Waals surface area contributed by atoms with E-state index in [9.17, 15) is 4.79 Å². The monoisotopic (exact) mass is 368 g/mol. The molecule has 1 amide bonds. The minimum absolute atomic E-state index is 0.0527. The van der Waals surface area contributed by atoms with Crippen molar-refractivity contribution >= 4 is 39.7 Å². The highest BCUT2D eigenvalue weighted by Crippen LogP contribution is 2.27. The van der Waals surface area contributed by atoms with Gasteiger partial charge in [0.2, 0.25) is 11.1 Å². The highest BCUT2D eigenvalue weighted by molar-refractivity contribution is 7.99. The van der Waals surface area contributed by atoms with Gasteiger partial charge in [-0.15, -0.1) is 10.2 Å². The molecule has 134 valence electrons. The van der Waals surface area contributed by atoms with Crippen LogP contribution in [0.2, 0.25) is 0 Å². The van der Waals surface area contributed by atoms with E-state index in [0.29, 0.717) is 18.1 Å². The minimum atomic E-state index is -0.0527. The van der Waals surface area contributed by atoms with Crippen LogP contribution >= 0.6 is 11.8 Å². The predicted octanol–water partition coefficient (Wildman–Crippen LogP) is 2.85. The van der Waals surface area contributed by atoms with E-state index in [1.165, 1.54) is 11.8 Å². The Morgan fingerprint density at radius 1 is 1.35 bits per heavy atom. The molecule has 0 bridgehead atoms. The van der Waals surface area contributed by atoms with Gasteiger partial charge in [0.15, 0.2) is 5.65 Å². The van der Waals surface area contributed by atoms with Crippen LogP contribution < -0.4 is 0 Å². The maximum absolute atomic E-state index is 12.1. The van der Waals surface area contributed by atoms with Crippen LogP contribution in [0.15, 0.2) is 29.4 Å². The van der Waals surface area contributed by atoms with Crippen molar-refractivity contribution < 1.29 is 4.79 Å². The largest absolute Gasteiger partial charge is 0.344 e. The molecule has 0 fully saturated rings. The molecule has 0 unspecified atom stereocenters. The van der Waals surface area contributed by atoms with Gasteiger partial charge in [0.05, 0.1) is 23.8 Å². The molecular formula is C18H20N6OS. The second-order valence-corrected chi connectivity index (χ2v) is 6.89. The number of thioether (sulfide) groups is 1. The Morgan fingerprint density at radius 2 is 2.15 bits per heavy atom. The second-order valence-electron chi connectivity index (χ2n) is 5.95. The molecule has 0 aliphatic rings. The van der Waals surface area contributed by atoms with Crippen molar-refractivity contribution in [1.82, 2.24) is 24.6 Å². The Hall–Kier alpha value is -2.66. The first-order chi connectivity index (χ1) is 12.7. The molecule has 0 atom stereocenters. The van der Waals surface area contributed by atoms with Crippen molar-refractivity contribution in [2.24, 2.45) is 0 Å². The number of para-hydroxylation sites is 1. The third-order valence-corrected chi connectivity index (χ3v) is 4.93. The predicted molar refractivity (Wildman–Crippen MR) is 102 cm³/mol. The van der Waals surface area contributed by atoms with Crippen LogP contribution in [0, 0.1) is 11.3 Å². The van der Waals surface area contributed by atoms with E-state index in [-0.39, 0.29) is 11.7 Å². The molecule has 7 nitrogen and oxygen atoms in total. The summed E-state index contributed by atoms with van der Waals surface area (Å²) in [6.45, 7) is 3.40. The molecule has 0 aliphatic heterocycles. The number of rotatable bonds is 7. The number of aromatic nitrogens is 4. The second kappa shape index (κ2) is 8.15. The average Bonchev–Trinajstić information content (AvgIpc) is 2.98. The van der Waals surface area contributed by atoms with Gasteiger partial charge in [0.25, 0.3) is 0 Å². The van der Waals surface area contributed by atoms with Crippen LogP contribution in [-0.2, 0) is 11.3 Å². The molecule has 2 heterocycles. The van der Waals surface area contributed by atoms with Gasteiger partial charge in [-0.1, -0.05) is 36.9 Å². The molecule has 26 heavy (non-hydrogen) atoms. The Labute approximate surface area is 156 Å². The summed E-state index contributed by atoms with van der Waals surface area (Å²) in [4.78, 5) is 18.3.